The molecule has 0 aromatic heterocycles. The van der Waals surface area contributed by atoms with Crippen molar-refractivity contribution in [2.24, 2.45) is 0 Å². The molecular weight excluding hydrogens is 390 g/mol. The Labute approximate surface area is 157 Å². The lowest BCUT2D eigenvalue weighted by Crippen LogP contribution is -2.30. The number of amides is 1. The van der Waals surface area contributed by atoms with Crippen molar-refractivity contribution in [2.75, 3.05) is 5.32 Å². The normalized spacial score (nSPS) is 12.4. The largest absolute Gasteiger partial charge is 0.452 e. The topological polar surface area (TPSA) is 55.4 Å². The highest BCUT2D eigenvalue weighted by atomic mass is 35.5. The van der Waals surface area contributed by atoms with Crippen molar-refractivity contribution < 1.29 is 31.9 Å². The van der Waals surface area contributed by atoms with Gasteiger partial charge in [-0.1, -0.05) is 29.8 Å². The number of carbonyl (C=O) groups is 2. The average Bonchev–Trinajstić information content (AvgIpc) is 2.56. The summed E-state index contributed by atoms with van der Waals surface area (Å²) < 4.78 is 56.0. The SMILES string of the molecule is C[C@@H](OC(=O)Cc1cccc(C(F)(F)F)c1)C(=O)Nc1ccc(F)cc1Cl. The van der Waals surface area contributed by atoms with Crippen molar-refractivity contribution in [3.8, 4) is 0 Å². The Balaban J connectivity index is 1.96. The van der Waals surface area contributed by atoms with Crippen LogP contribution in [0.3, 0.4) is 0 Å². The molecule has 0 heterocycles. The predicted octanol–water partition coefficient (Wildman–Crippen LogP) is 4.61. The Kier molecular flexibility index (Phi) is 6.43. The van der Waals surface area contributed by atoms with E-state index < -0.39 is 42.0 Å². The minimum atomic E-state index is -4.53. The van der Waals surface area contributed by atoms with Gasteiger partial charge in [0, 0.05) is 0 Å². The number of nitrogens with one attached hydrogen (secondary N) is 1. The third kappa shape index (κ3) is 5.96. The van der Waals surface area contributed by atoms with E-state index in [4.69, 9.17) is 16.3 Å². The van der Waals surface area contributed by atoms with Gasteiger partial charge in [0.25, 0.3) is 5.91 Å². The molecule has 0 aliphatic rings. The summed E-state index contributed by atoms with van der Waals surface area (Å²) in [6, 6.07) is 7.58. The van der Waals surface area contributed by atoms with Gasteiger partial charge in [-0.25, -0.2) is 4.39 Å². The maximum absolute atomic E-state index is 13.0. The van der Waals surface area contributed by atoms with Crippen LogP contribution in [0.4, 0.5) is 23.2 Å². The number of anilines is 1. The molecule has 4 nitrogen and oxygen atoms in total. The minimum Gasteiger partial charge on any atom is -0.452 e. The molecule has 1 atom stereocenters. The number of esters is 1. The maximum atomic E-state index is 13.0. The first-order valence-electron chi connectivity index (χ1n) is 7.68. The van der Waals surface area contributed by atoms with Gasteiger partial charge < -0.3 is 10.1 Å². The Morgan fingerprint density at radius 1 is 1.19 bits per heavy atom. The van der Waals surface area contributed by atoms with E-state index in [1.54, 1.807) is 0 Å². The lowest BCUT2D eigenvalue weighted by Gasteiger charge is -2.14. The molecule has 0 fully saturated rings. The lowest BCUT2D eigenvalue weighted by molar-refractivity contribution is -0.152. The molecule has 2 rings (SSSR count). The van der Waals surface area contributed by atoms with Crippen LogP contribution in [0.5, 0.6) is 0 Å². The Morgan fingerprint density at radius 3 is 2.52 bits per heavy atom. The summed E-state index contributed by atoms with van der Waals surface area (Å²) in [6.45, 7) is 1.29. The summed E-state index contributed by atoms with van der Waals surface area (Å²) in [6.07, 6.45) is -6.19. The van der Waals surface area contributed by atoms with E-state index in [1.807, 2.05) is 0 Å². The predicted molar refractivity (Wildman–Crippen MR) is 90.7 cm³/mol. The summed E-state index contributed by atoms with van der Waals surface area (Å²) in [4.78, 5) is 23.9. The van der Waals surface area contributed by atoms with Crippen molar-refractivity contribution in [2.45, 2.75) is 25.6 Å². The first-order chi connectivity index (χ1) is 12.6. The first kappa shape index (κ1) is 20.7. The molecule has 0 unspecified atom stereocenters. The second kappa shape index (κ2) is 8.39. The number of hydrogen-bond acceptors (Lipinski definition) is 3. The van der Waals surface area contributed by atoms with Gasteiger partial charge in [0.1, 0.15) is 5.82 Å². The van der Waals surface area contributed by atoms with Gasteiger partial charge >= 0.3 is 12.1 Å². The van der Waals surface area contributed by atoms with E-state index in [2.05, 4.69) is 5.32 Å². The molecule has 0 radical (unpaired) electrons. The van der Waals surface area contributed by atoms with Gasteiger partial charge in [0.2, 0.25) is 0 Å². The zero-order valence-corrected chi connectivity index (χ0v) is 14.7. The maximum Gasteiger partial charge on any atom is 0.416 e. The van der Waals surface area contributed by atoms with E-state index in [1.165, 1.54) is 25.1 Å². The molecule has 27 heavy (non-hydrogen) atoms. The quantitative estimate of drug-likeness (QED) is 0.586. The summed E-state index contributed by atoms with van der Waals surface area (Å²) in [7, 11) is 0. The Morgan fingerprint density at radius 2 is 1.89 bits per heavy atom. The van der Waals surface area contributed by atoms with Crippen molar-refractivity contribution in [3.63, 3.8) is 0 Å². The number of rotatable bonds is 5. The third-order valence-electron chi connectivity index (χ3n) is 3.47. The van der Waals surface area contributed by atoms with Crippen LogP contribution < -0.4 is 5.32 Å². The van der Waals surface area contributed by atoms with Crippen LogP contribution in [-0.4, -0.2) is 18.0 Å². The first-order valence-corrected chi connectivity index (χ1v) is 8.05. The molecule has 0 aliphatic heterocycles. The Hall–Kier alpha value is -2.61. The summed E-state index contributed by atoms with van der Waals surface area (Å²) in [5, 5.41) is 2.34. The fourth-order valence-corrected chi connectivity index (χ4v) is 2.36. The van der Waals surface area contributed by atoms with Crippen LogP contribution in [0, 0.1) is 5.82 Å². The van der Waals surface area contributed by atoms with Crippen molar-refractivity contribution in [1.82, 2.24) is 0 Å². The molecule has 2 aromatic rings. The summed E-state index contributed by atoms with van der Waals surface area (Å²) >= 11 is 5.79. The van der Waals surface area contributed by atoms with Crippen LogP contribution >= 0.6 is 11.6 Å². The highest BCUT2D eigenvalue weighted by Crippen LogP contribution is 2.29. The van der Waals surface area contributed by atoms with Crippen LogP contribution in [0.25, 0.3) is 0 Å². The molecule has 0 saturated heterocycles. The second-order valence-corrected chi connectivity index (χ2v) is 6.03. The highest BCUT2D eigenvalue weighted by Gasteiger charge is 2.30. The number of halogens is 5. The molecule has 0 spiro atoms. The van der Waals surface area contributed by atoms with E-state index >= 15 is 0 Å². The number of hydrogen-bond donors (Lipinski definition) is 1. The molecule has 9 heteroatoms. The van der Waals surface area contributed by atoms with Crippen LogP contribution in [-0.2, 0) is 26.9 Å². The molecule has 2 aromatic carbocycles. The van der Waals surface area contributed by atoms with Crippen molar-refractivity contribution >= 4 is 29.2 Å². The van der Waals surface area contributed by atoms with Gasteiger partial charge in [0.05, 0.1) is 22.7 Å². The van der Waals surface area contributed by atoms with E-state index in [0.29, 0.717) is 0 Å². The standard InChI is InChI=1S/C18H14ClF4NO3/c1-10(17(26)24-15-6-5-13(20)9-14(15)19)27-16(25)8-11-3-2-4-12(7-11)18(21,22)23/h2-7,9-10H,8H2,1H3,(H,24,26)/t10-/m1/s1. The zero-order chi connectivity index (χ0) is 20.2. The minimum absolute atomic E-state index is 0.0363. The van der Waals surface area contributed by atoms with Crippen molar-refractivity contribution in [1.29, 1.82) is 0 Å². The number of carbonyl (C=O) groups excluding carboxylic acids is 2. The third-order valence-corrected chi connectivity index (χ3v) is 3.78. The summed E-state index contributed by atoms with van der Waals surface area (Å²) in [5.41, 5.74) is -0.655. The molecule has 1 N–H and O–H groups in total. The van der Waals surface area contributed by atoms with Gasteiger partial charge in [-0.3, -0.25) is 9.59 Å². The van der Waals surface area contributed by atoms with Crippen LogP contribution in [0.1, 0.15) is 18.1 Å². The van der Waals surface area contributed by atoms with Gasteiger partial charge in [0.15, 0.2) is 6.10 Å². The number of ether oxygens (including phenoxy) is 1. The molecular formula is C18H14ClF4NO3. The van der Waals surface area contributed by atoms with E-state index in [0.717, 1.165) is 24.3 Å². The van der Waals surface area contributed by atoms with Gasteiger partial charge in [-0.15, -0.1) is 0 Å². The molecule has 0 aliphatic carbocycles. The average molecular weight is 404 g/mol. The smallest absolute Gasteiger partial charge is 0.416 e. The molecule has 144 valence electrons. The highest BCUT2D eigenvalue weighted by molar-refractivity contribution is 6.33. The van der Waals surface area contributed by atoms with Crippen LogP contribution in [0.15, 0.2) is 42.5 Å². The fourth-order valence-electron chi connectivity index (χ4n) is 2.14. The number of benzene rings is 2. The lowest BCUT2D eigenvalue weighted by atomic mass is 10.1. The van der Waals surface area contributed by atoms with Gasteiger partial charge in [-0.2, -0.15) is 13.2 Å². The number of alkyl halides is 3. The Bertz CT molecular complexity index is 855. The van der Waals surface area contributed by atoms with Crippen LogP contribution in [0.2, 0.25) is 5.02 Å². The van der Waals surface area contributed by atoms with Crippen molar-refractivity contribution in [3.05, 3.63) is 64.4 Å². The molecule has 0 bridgehead atoms. The van der Waals surface area contributed by atoms with Gasteiger partial charge in [-0.05, 0) is 36.8 Å². The zero-order valence-electron chi connectivity index (χ0n) is 13.9. The molecule has 1 amide bonds. The van der Waals surface area contributed by atoms with E-state index in [9.17, 15) is 27.2 Å². The van der Waals surface area contributed by atoms with E-state index in [-0.39, 0.29) is 16.3 Å². The second-order valence-electron chi connectivity index (χ2n) is 5.62. The fraction of sp³-hybridized carbons (Fsp3) is 0.222. The monoisotopic (exact) mass is 403 g/mol. The molecule has 0 saturated carbocycles. The summed E-state index contributed by atoms with van der Waals surface area (Å²) in [5.74, 6) is -2.18.